The fourth-order valence-electron chi connectivity index (χ4n) is 4.41. The van der Waals surface area contributed by atoms with E-state index in [-0.39, 0.29) is 25.7 Å². The van der Waals surface area contributed by atoms with E-state index in [0.29, 0.717) is 25.3 Å². The second kappa shape index (κ2) is 7.67. The number of rotatable bonds is 0. The van der Waals surface area contributed by atoms with Crippen LogP contribution in [0.2, 0.25) is 0 Å². The number of alkyl halides is 6. The first-order chi connectivity index (χ1) is 15.3. The van der Waals surface area contributed by atoms with Gasteiger partial charge in [0.05, 0.1) is 11.3 Å². The monoisotopic (exact) mass is 478 g/mol. The topological polar surface area (TPSA) is 115 Å². The molecule has 2 aliphatic rings. The van der Waals surface area contributed by atoms with Crippen molar-refractivity contribution < 1.29 is 40.7 Å². The quantitative estimate of drug-likeness (QED) is 0.523. The SMILES string of the molecule is Nc1cc(C(F)(F)F)c2nc1-c1nnc(o1)[C@@](O)(C(F)(F)F)CCCCCC1(CCC1)C2=O. The summed E-state index contributed by atoms with van der Waals surface area (Å²) < 4.78 is 87.3. The van der Waals surface area contributed by atoms with Crippen molar-refractivity contribution in [1.82, 2.24) is 15.2 Å². The fraction of sp³-hybridized carbons (Fsp3) is 0.600. The molecule has 2 aromatic heterocycles. The first-order valence-electron chi connectivity index (χ1n) is 10.3. The van der Waals surface area contributed by atoms with Gasteiger partial charge in [0, 0.05) is 5.41 Å². The molecule has 4 rings (SSSR count). The average Bonchev–Trinajstić information content (AvgIpc) is 3.16. The summed E-state index contributed by atoms with van der Waals surface area (Å²) in [5.41, 5.74) is -2.21. The van der Waals surface area contributed by atoms with E-state index in [1.54, 1.807) is 0 Å². The molecule has 0 amide bonds. The number of nitrogens with two attached hydrogens (primary N) is 1. The van der Waals surface area contributed by atoms with Crippen molar-refractivity contribution >= 4 is 11.5 Å². The van der Waals surface area contributed by atoms with Gasteiger partial charge in [0.15, 0.2) is 11.5 Å². The lowest BCUT2D eigenvalue weighted by Gasteiger charge is -2.41. The van der Waals surface area contributed by atoms with Crippen molar-refractivity contribution in [2.75, 3.05) is 5.73 Å². The number of ketones is 1. The maximum absolute atomic E-state index is 13.7. The summed E-state index contributed by atoms with van der Waals surface area (Å²) in [6, 6.07) is 0.494. The Kier molecular flexibility index (Phi) is 5.45. The molecule has 0 saturated heterocycles. The maximum Gasteiger partial charge on any atom is 0.426 e. The Balaban J connectivity index is 1.92. The molecule has 0 unspecified atom stereocenters. The Bertz CT molecular complexity index is 1080. The first kappa shape index (κ1) is 23.5. The number of pyridine rings is 1. The minimum atomic E-state index is -5.15. The molecule has 1 fully saturated rings. The molecule has 4 bridgehead atoms. The number of fused-ring (bicyclic) bond motifs is 5. The predicted octanol–water partition coefficient (Wildman–Crippen LogP) is 4.80. The third kappa shape index (κ3) is 3.85. The van der Waals surface area contributed by atoms with Gasteiger partial charge in [-0.3, -0.25) is 4.79 Å². The number of nitrogen functional groups attached to an aromatic ring is 1. The molecule has 1 saturated carbocycles. The highest BCUT2D eigenvalue weighted by Gasteiger charge is 2.58. The fourth-order valence-corrected chi connectivity index (χ4v) is 4.41. The summed E-state index contributed by atoms with van der Waals surface area (Å²) in [7, 11) is 0. The number of aliphatic hydroxyl groups is 1. The molecule has 1 atom stereocenters. The number of anilines is 1. The Labute approximate surface area is 183 Å². The zero-order chi connectivity index (χ0) is 24.2. The lowest BCUT2D eigenvalue weighted by Crippen LogP contribution is -2.42. The van der Waals surface area contributed by atoms with Crippen LogP contribution in [0, 0.1) is 5.41 Å². The summed E-state index contributed by atoms with van der Waals surface area (Å²) in [6.07, 6.45) is -8.91. The number of hydrogen-bond acceptors (Lipinski definition) is 7. The number of carbonyl (C=O) groups is 1. The molecule has 2 aromatic rings. The summed E-state index contributed by atoms with van der Waals surface area (Å²) in [4.78, 5) is 17.1. The smallest absolute Gasteiger partial charge is 0.416 e. The van der Waals surface area contributed by atoms with Crippen molar-refractivity contribution in [3.8, 4) is 11.6 Å². The molecule has 1 aliphatic carbocycles. The van der Waals surface area contributed by atoms with Crippen LogP contribution in [0.5, 0.6) is 0 Å². The summed E-state index contributed by atoms with van der Waals surface area (Å²) in [5, 5.41) is 17.1. The number of halogens is 6. The molecular weight excluding hydrogens is 458 g/mol. The van der Waals surface area contributed by atoms with Crippen molar-refractivity contribution in [2.45, 2.75) is 69.3 Å². The lowest BCUT2D eigenvalue weighted by molar-refractivity contribution is -0.277. The van der Waals surface area contributed by atoms with E-state index in [1.807, 2.05) is 0 Å². The van der Waals surface area contributed by atoms with Gasteiger partial charge in [-0.1, -0.05) is 19.3 Å². The molecule has 3 N–H and O–H groups in total. The standard InChI is InChI=1S/C20H20F6N4O3/c21-19(22,23)10-9-11(27)13-15-29-30-16(33-15)18(32,20(24,25)26)8-3-1-2-5-17(6-4-7-17)14(31)12(10)28-13/h9,32H,1-8,27H2/t18-/m1/s1. The summed E-state index contributed by atoms with van der Waals surface area (Å²) in [5.74, 6) is -2.69. The highest BCUT2D eigenvalue weighted by Crippen LogP contribution is 2.50. The van der Waals surface area contributed by atoms with Crippen LogP contribution in [-0.2, 0) is 11.8 Å². The largest absolute Gasteiger partial charge is 0.426 e. The second-order valence-electron chi connectivity index (χ2n) is 8.61. The van der Waals surface area contributed by atoms with Crippen molar-refractivity contribution in [3.05, 3.63) is 23.2 Å². The third-order valence-electron chi connectivity index (χ3n) is 6.51. The van der Waals surface area contributed by atoms with E-state index in [2.05, 4.69) is 15.2 Å². The average molecular weight is 478 g/mol. The highest BCUT2D eigenvalue weighted by molar-refractivity contribution is 6.01. The molecule has 1 spiro atoms. The number of nitrogens with zero attached hydrogens (tertiary/aromatic N) is 3. The van der Waals surface area contributed by atoms with E-state index >= 15 is 0 Å². The van der Waals surface area contributed by atoms with Crippen LogP contribution in [0.1, 0.15) is 73.3 Å². The van der Waals surface area contributed by atoms with Gasteiger partial charge >= 0.3 is 12.4 Å². The van der Waals surface area contributed by atoms with Crippen molar-refractivity contribution in [2.24, 2.45) is 5.41 Å². The van der Waals surface area contributed by atoms with Gasteiger partial charge in [0.25, 0.3) is 11.8 Å². The van der Waals surface area contributed by atoms with Crippen LogP contribution in [0.4, 0.5) is 32.0 Å². The second-order valence-corrected chi connectivity index (χ2v) is 8.61. The number of carbonyl (C=O) groups excluding carboxylic acids is 1. The molecule has 0 aromatic carbocycles. The number of aromatic nitrogens is 3. The minimum absolute atomic E-state index is 0.0858. The summed E-state index contributed by atoms with van der Waals surface area (Å²) >= 11 is 0. The van der Waals surface area contributed by atoms with Crippen LogP contribution >= 0.6 is 0 Å². The number of Topliss-reactive ketones (excluding diaryl/α,β-unsaturated/α-hetero) is 1. The van der Waals surface area contributed by atoms with Crippen LogP contribution in [0.15, 0.2) is 10.5 Å². The van der Waals surface area contributed by atoms with Crippen LogP contribution in [0.3, 0.4) is 0 Å². The zero-order valence-electron chi connectivity index (χ0n) is 17.2. The van der Waals surface area contributed by atoms with Gasteiger partial charge in [-0.25, -0.2) is 4.98 Å². The normalized spacial score (nSPS) is 23.8. The van der Waals surface area contributed by atoms with E-state index in [4.69, 9.17) is 10.2 Å². The maximum atomic E-state index is 13.7. The van der Waals surface area contributed by atoms with Crippen molar-refractivity contribution in [3.63, 3.8) is 0 Å². The third-order valence-corrected chi connectivity index (χ3v) is 6.51. The Morgan fingerprint density at radius 1 is 0.939 bits per heavy atom. The van der Waals surface area contributed by atoms with Gasteiger partial charge in [-0.15, -0.1) is 10.2 Å². The molecule has 0 radical (unpaired) electrons. The first-order valence-corrected chi connectivity index (χ1v) is 10.3. The van der Waals surface area contributed by atoms with E-state index < -0.39 is 70.0 Å². The van der Waals surface area contributed by atoms with Crippen LogP contribution < -0.4 is 5.73 Å². The molecule has 13 heteroatoms. The Hall–Kier alpha value is -2.70. The van der Waals surface area contributed by atoms with Crippen molar-refractivity contribution in [1.29, 1.82) is 0 Å². The van der Waals surface area contributed by atoms with Crippen LogP contribution in [0.25, 0.3) is 11.6 Å². The molecule has 33 heavy (non-hydrogen) atoms. The van der Waals surface area contributed by atoms with Crippen LogP contribution in [-0.4, -0.2) is 32.2 Å². The van der Waals surface area contributed by atoms with Gasteiger partial charge < -0.3 is 15.3 Å². The van der Waals surface area contributed by atoms with Gasteiger partial charge in [0.2, 0.25) is 5.60 Å². The molecule has 1 aliphatic heterocycles. The summed E-state index contributed by atoms with van der Waals surface area (Å²) in [6.45, 7) is 0. The lowest BCUT2D eigenvalue weighted by atomic mass is 9.62. The van der Waals surface area contributed by atoms with Gasteiger partial charge in [-0.2, -0.15) is 26.3 Å². The van der Waals surface area contributed by atoms with E-state index in [1.165, 1.54) is 0 Å². The van der Waals surface area contributed by atoms with E-state index in [9.17, 15) is 36.2 Å². The van der Waals surface area contributed by atoms with E-state index in [0.717, 1.165) is 0 Å². The highest BCUT2D eigenvalue weighted by atomic mass is 19.4. The molecule has 3 heterocycles. The number of hydrogen-bond donors (Lipinski definition) is 2. The predicted molar refractivity (Wildman–Crippen MR) is 101 cm³/mol. The van der Waals surface area contributed by atoms with Gasteiger partial charge in [-0.05, 0) is 38.2 Å². The Morgan fingerprint density at radius 3 is 2.15 bits per heavy atom. The molecular formula is C20H20F6N4O3. The van der Waals surface area contributed by atoms with Gasteiger partial charge in [0.1, 0.15) is 5.69 Å². The molecule has 180 valence electrons. The minimum Gasteiger partial charge on any atom is -0.416 e. The Morgan fingerprint density at radius 2 is 1.58 bits per heavy atom. The molecule has 7 nitrogen and oxygen atoms in total. The zero-order valence-corrected chi connectivity index (χ0v) is 17.2.